The van der Waals surface area contributed by atoms with E-state index in [1.54, 1.807) is 42.3 Å². The minimum absolute atomic E-state index is 0.0530. The van der Waals surface area contributed by atoms with Gasteiger partial charge in [0.05, 0.1) is 5.69 Å². The Bertz CT molecular complexity index is 1120. The third-order valence-electron chi connectivity index (χ3n) is 6.41. The highest BCUT2D eigenvalue weighted by atomic mass is 19.1. The van der Waals surface area contributed by atoms with Gasteiger partial charge in [-0.15, -0.1) is 0 Å². The number of aromatic amines is 1. The molecule has 1 saturated carbocycles. The zero-order valence-corrected chi connectivity index (χ0v) is 19.5. The minimum atomic E-state index is -0.274. The van der Waals surface area contributed by atoms with Crippen molar-refractivity contribution in [2.75, 3.05) is 18.9 Å². The summed E-state index contributed by atoms with van der Waals surface area (Å²) in [4.78, 5) is 27.1. The van der Waals surface area contributed by atoms with Gasteiger partial charge in [0.15, 0.2) is 0 Å². The van der Waals surface area contributed by atoms with Gasteiger partial charge in [-0.3, -0.25) is 14.7 Å². The summed E-state index contributed by atoms with van der Waals surface area (Å²) in [5.74, 6) is -0.228. The van der Waals surface area contributed by atoms with Crippen LogP contribution in [0.2, 0.25) is 0 Å². The number of nitrogens with zero attached hydrogens (tertiary/aromatic N) is 2. The van der Waals surface area contributed by atoms with Crippen LogP contribution in [0.15, 0.2) is 54.6 Å². The van der Waals surface area contributed by atoms with E-state index in [1.807, 2.05) is 12.1 Å². The van der Waals surface area contributed by atoms with Crippen LogP contribution in [0.5, 0.6) is 0 Å². The van der Waals surface area contributed by atoms with Crippen molar-refractivity contribution in [3.05, 3.63) is 71.7 Å². The number of aryl methyl sites for hydroxylation is 1. The van der Waals surface area contributed by atoms with E-state index in [0.29, 0.717) is 17.8 Å². The SMILES string of the molecule is CN(CCCc1cc(-c2ccc(F)cc2)n[nH]1)C(=O)c1cccc(NC(=O)C2CCCCC2)c1. The van der Waals surface area contributed by atoms with E-state index in [-0.39, 0.29) is 23.5 Å². The summed E-state index contributed by atoms with van der Waals surface area (Å²) in [6.07, 6.45) is 6.80. The summed E-state index contributed by atoms with van der Waals surface area (Å²) in [6, 6.07) is 15.4. The van der Waals surface area contributed by atoms with Crippen molar-refractivity contribution in [2.45, 2.75) is 44.9 Å². The number of anilines is 1. The summed E-state index contributed by atoms with van der Waals surface area (Å²) in [7, 11) is 1.78. The Labute approximate surface area is 199 Å². The van der Waals surface area contributed by atoms with Crippen LogP contribution in [0, 0.1) is 11.7 Å². The number of amides is 2. The van der Waals surface area contributed by atoms with Gasteiger partial charge in [-0.05, 0) is 74.2 Å². The Kier molecular flexibility index (Phi) is 7.72. The molecule has 178 valence electrons. The maximum absolute atomic E-state index is 13.1. The van der Waals surface area contributed by atoms with Crippen molar-refractivity contribution in [3.8, 4) is 11.3 Å². The molecule has 0 bridgehead atoms. The standard InChI is InChI=1S/C27H31FN4O2/c1-32(16-6-11-24-18-25(31-30-24)19-12-14-22(28)15-13-19)27(34)21-9-5-10-23(17-21)29-26(33)20-7-3-2-4-8-20/h5,9-10,12-15,17-18,20H,2-4,6-8,11,16H2,1H3,(H,29,33)(H,30,31). The second kappa shape index (κ2) is 11.1. The largest absolute Gasteiger partial charge is 0.342 e. The van der Waals surface area contributed by atoms with Gasteiger partial charge in [-0.25, -0.2) is 4.39 Å². The number of carbonyl (C=O) groups excluding carboxylic acids is 2. The molecule has 1 aliphatic rings. The number of hydrogen-bond donors (Lipinski definition) is 2. The lowest BCUT2D eigenvalue weighted by molar-refractivity contribution is -0.120. The molecule has 0 aliphatic heterocycles. The van der Waals surface area contributed by atoms with Gasteiger partial charge >= 0.3 is 0 Å². The number of halogens is 1. The van der Waals surface area contributed by atoms with Crippen LogP contribution < -0.4 is 5.32 Å². The first-order chi connectivity index (χ1) is 16.5. The molecular weight excluding hydrogens is 431 g/mol. The van der Waals surface area contributed by atoms with E-state index in [1.165, 1.54) is 18.6 Å². The van der Waals surface area contributed by atoms with Crippen molar-refractivity contribution < 1.29 is 14.0 Å². The van der Waals surface area contributed by atoms with Crippen molar-refractivity contribution in [1.29, 1.82) is 0 Å². The van der Waals surface area contributed by atoms with Crippen LogP contribution in [0.25, 0.3) is 11.3 Å². The molecule has 34 heavy (non-hydrogen) atoms. The quantitative estimate of drug-likeness (QED) is 0.468. The number of benzene rings is 2. The lowest BCUT2D eigenvalue weighted by atomic mass is 9.88. The molecule has 2 amide bonds. The molecule has 7 heteroatoms. The molecule has 6 nitrogen and oxygen atoms in total. The molecule has 3 aromatic rings. The van der Waals surface area contributed by atoms with E-state index in [4.69, 9.17) is 0 Å². The highest BCUT2D eigenvalue weighted by Crippen LogP contribution is 2.25. The van der Waals surface area contributed by atoms with E-state index >= 15 is 0 Å². The molecule has 1 aromatic heterocycles. The van der Waals surface area contributed by atoms with E-state index in [9.17, 15) is 14.0 Å². The van der Waals surface area contributed by atoms with Crippen LogP contribution >= 0.6 is 0 Å². The number of H-pyrrole nitrogens is 1. The fourth-order valence-corrected chi connectivity index (χ4v) is 4.43. The monoisotopic (exact) mass is 462 g/mol. The van der Waals surface area contributed by atoms with Crippen molar-refractivity contribution in [3.63, 3.8) is 0 Å². The van der Waals surface area contributed by atoms with Crippen molar-refractivity contribution in [1.82, 2.24) is 15.1 Å². The molecule has 0 atom stereocenters. The van der Waals surface area contributed by atoms with Gasteiger partial charge in [0.1, 0.15) is 5.82 Å². The lowest BCUT2D eigenvalue weighted by Gasteiger charge is -2.21. The molecule has 0 saturated heterocycles. The predicted octanol–water partition coefficient (Wildman–Crippen LogP) is 5.44. The topological polar surface area (TPSA) is 78.1 Å². The highest BCUT2D eigenvalue weighted by Gasteiger charge is 2.21. The Morgan fingerprint density at radius 3 is 2.62 bits per heavy atom. The Hall–Kier alpha value is -3.48. The van der Waals surface area contributed by atoms with Gasteiger partial charge in [-0.1, -0.05) is 25.3 Å². The average molecular weight is 463 g/mol. The molecule has 1 heterocycles. The Morgan fingerprint density at radius 1 is 1.09 bits per heavy atom. The fraction of sp³-hybridized carbons (Fsp3) is 0.370. The van der Waals surface area contributed by atoms with E-state index in [0.717, 1.165) is 55.5 Å². The molecule has 0 spiro atoms. The molecule has 4 rings (SSSR count). The number of aromatic nitrogens is 2. The van der Waals surface area contributed by atoms with E-state index in [2.05, 4.69) is 15.5 Å². The average Bonchev–Trinajstić information content (AvgIpc) is 3.33. The molecule has 1 aliphatic carbocycles. The Morgan fingerprint density at radius 2 is 1.85 bits per heavy atom. The maximum Gasteiger partial charge on any atom is 0.253 e. The highest BCUT2D eigenvalue weighted by molar-refractivity contribution is 5.97. The molecule has 2 aromatic carbocycles. The second-order valence-electron chi connectivity index (χ2n) is 9.02. The van der Waals surface area contributed by atoms with Crippen LogP contribution in [0.4, 0.5) is 10.1 Å². The number of hydrogen-bond acceptors (Lipinski definition) is 3. The normalized spacial score (nSPS) is 14.1. The zero-order valence-electron chi connectivity index (χ0n) is 19.5. The number of nitrogens with one attached hydrogen (secondary N) is 2. The first kappa shape index (κ1) is 23.7. The smallest absolute Gasteiger partial charge is 0.253 e. The number of rotatable bonds is 8. The van der Waals surface area contributed by atoms with Crippen LogP contribution in [-0.4, -0.2) is 40.5 Å². The first-order valence-electron chi connectivity index (χ1n) is 12.0. The summed E-state index contributed by atoms with van der Waals surface area (Å²) in [5, 5.41) is 10.3. The van der Waals surface area contributed by atoms with Crippen molar-refractivity contribution in [2.24, 2.45) is 5.92 Å². The van der Waals surface area contributed by atoms with Gasteiger partial charge in [0.2, 0.25) is 5.91 Å². The van der Waals surface area contributed by atoms with Crippen LogP contribution in [0.3, 0.4) is 0 Å². The lowest BCUT2D eigenvalue weighted by Crippen LogP contribution is -2.28. The molecule has 1 fully saturated rings. The molecule has 0 radical (unpaired) electrons. The van der Waals surface area contributed by atoms with Gasteiger partial charge in [-0.2, -0.15) is 5.10 Å². The van der Waals surface area contributed by atoms with E-state index < -0.39 is 0 Å². The zero-order chi connectivity index (χ0) is 23.9. The maximum atomic E-state index is 13.1. The van der Waals surface area contributed by atoms with Crippen molar-refractivity contribution >= 4 is 17.5 Å². The summed E-state index contributed by atoms with van der Waals surface area (Å²) in [6.45, 7) is 0.586. The predicted molar refractivity (Wildman–Crippen MR) is 131 cm³/mol. The molecule has 2 N–H and O–H groups in total. The van der Waals surface area contributed by atoms with Gasteiger partial charge < -0.3 is 10.2 Å². The second-order valence-corrected chi connectivity index (χ2v) is 9.02. The summed E-state index contributed by atoms with van der Waals surface area (Å²) < 4.78 is 13.1. The summed E-state index contributed by atoms with van der Waals surface area (Å²) >= 11 is 0. The van der Waals surface area contributed by atoms with Crippen LogP contribution in [-0.2, 0) is 11.2 Å². The van der Waals surface area contributed by atoms with Crippen LogP contribution in [0.1, 0.15) is 54.6 Å². The Balaban J connectivity index is 1.28. The fourth-order valence-electron chi connectivity index (χ4n) is 4.43. The number of carbonyl (C=O) groups is 2. The molecular formula is C27H31FN4O2. The van der Waals surface area contributed by atoms with Gasteiger partial charge in [0, 0.05) is 42.0 Å². The van der Waals surface area contributed by atoms with Gasteiger partial charge in [0.25, 0.3) is 5.91 Å². The summed E-state index contributed by atoms with van der Waals surface area (Å²) in [5.41, 5.74) is 3.82. The third kappa shape index (κ3) is 6.10. The third-order valence-corrected chi connectivity index (χ3v) is 6.41. The first-order valence-corrected chi connectivity index (χ1v) is 12.0. The molecule has 0 unspecified atom stereocenters. The minimum Gasteiger partial charge on any atom is -0.342 e.